The minimum atomic E-state index is -0.238. The lowest BCUT2D eigenvalue weighted by Crippen LogP contribution is -2.53. The molecule has 0 aliphatic heterocycles. The maximum Gasteiger partial charge on any atom is 0.0724 e. The second-order valence-electron chi connectivity index (χ2n) is 10.2. The summed E-state index contributed by atoms with van der Waals surface area (Å²) in [5.41, 5.74) is 1.92. The highest BCUT2D eigenvalue weighted by molar-refractivity contribution is 8.76. The summed E-state index contributed by atoms with van der Waals surface area (Å²) in [6.45, 7) is 6.53. The molecule has 8 atom stereocenters. The summed E-state index contributed by atoms with van der Waals surface area (Å²) >= 11 is 0. The number of hydrogen-bond acceptors (Lipinski definition) is 4. The normalized spacial score (nSPS) is 46.0. The predicted octanol–water partition coefficient (Wildman–Crippen LogP) is 5.69. The molecule has 0 aromatic rings. The molecule has 3 fully saturated rings. The lowest BCUT2D eigenvalue weighted by Gasteiger charge is -2.59. The largest absolute Gasteiger partial charge is 0.392 e. The second kappa shape index (κ2) is 8.81. The van der Waals surface area contributed by atoms with E-state index in [2.05, 4.69) is 42.6 Å². The molecule has 4 aliphatic rings. The number of hydrogen-bond donors (Lipinski definition) is 2. The number of allylic oxidation sites excluding steroid dienone is 1. The molecule has 29 heavy (non-hydrogen) atoms. The molecule has 0 spiro atoms. The number of aliphatic hydroxyl groups is 2. The maximum atomic E-state index is 11.2. The van der Waals surface area contributed by atoms with E-state index in [0.717, 1.165) is 56.1 Å². The first-order chi connectivity index (χ1) is 14.0. The van der Waals surface area contributed by atoms with Crippen LogP contribution < -0.4 is 0 Å². The van der Waals surface area contributed by atoms with Crippen molar-refractivity contribution < 1.29 is 10.2 Å². The Kier molecular flexibility index (Phi) is 6.72. The van der Waals surface area contributed by atoms with E-state index in [0.29, 0.717) is 11.8 Å². The van der Waals surface area contributed by atoms with Gasteiger partial charge in [0.05, 0.1) is 12.2 Å². The summed E-state index contributed by atoms with van der Waals surface area (Å²) in [6.07, 6.45) is 10.7. The molecular formula is C25H38O2S2. The van der Waals surface area contributed by atoms with Gasteiger partial charge in [0.2, 0.25) is 0 Å². The van der Waals surface area contributed by atoms with Crippen molar-refractivity contribution in [2.45, 2.75) is 84.3 Å². The van der Waals surface area contributed by atoms with Crippen LogP contribution in [-0.2, 0) is 0 Å². The monoisotopic (exact) mass is 434 g/mol. The van der Waals surface area contributed by atoms with Crippen molar-refractivity contribution in [1.29, 1.82) is 0 Å². The average molecular weight is 435 g/mol. The van der Waals surface area contributed by atoms with Crippen LogP contribution in [0.25, 0.3) is 0 Å². The second-order valence-corrected chi connectivity index (χ2v) is 12.9. The van der Waals surface area contributed by atoms with Gasteiger partial charge in [-0.2, -0.15) is 0 Å². The van der Waals surface area contributed by atoms with Gasteiger partial charge in [0.25, 0.3) is 0 Å². The predicted molar refractivity (Wildman–Crippen MR) is 126 cm³/mol. The Hall–Kier alpha value is -0.0800. The lowest BCUT2D eigenvalue weighted by molar-refractivity contribution is -0.0783. The van der Waals surface area contributed by atoms with Crippen molar-refractivity contribution in [3.8, 4) is 11.8 Å². The molecule has 4 rings (SSSR count). The van der Waals surface area contributed by atoms with Gasteiger partial charge in [0.1, 0.15) is 0 Å². The third-order valence-electron chi connectivity index (χ3n) is 8.99. The highest BCUT2D eigenvalue weighted by atomic mass is 33.1. The van der Waals surface area contributed by atoms with Gasteiger partial charge in [0, 0.05) is 23.3 Å². The summed E-state index contributed by atoms with van der Waals surface area (Å²) in [5, 5.41) is 21.6. The molecule has 4 aliphatic carbocycles. The summed E-state index contributed by atoms with van der Waals surface area (Å²) < 4.78 is 0. The van der Waals surface area contributed by atoms with Crippen molar-refractivity contribution in [3.63, 3.8) is 0 Å². The van der Waals surface area contributed by atoms with E-state index < -0.39 is 0 Å². The standard InChI is InChI=1S/C25H38O2S2/c1-4-6-7-17-14-22-20-9-8-18-15-19(26)10-13-25(18,16-29-28-5-2)21(20)11-12-24(22,3)23(17)27/h15,17,19-23,26-27H,5,7-14,16H2,1-3H3/t17?,19-,20-,21+,22+,23+,24+,25-/m1/s1. The number of aliphatic hydroxyl groups excluding tert-OH is 2. The third kappa shape index (κ3) is 3.73. The molecule has 1 unspecified atom stereocenters. The third-order valence-corrected chi connectivity index (χ3v) is 11.6. The molecule has 0 aromatic heterocycles. The minimum Gasteiger partial charge on any atom is -0.392 e. The Morgan fingerprint density at radius 3 is 2.72 bits per heavy atom. The first-order valence-electron chi connectivity index (χ1n) is 11.7. The fourth-order valence-corrected chi connectivity index (χ4v) is 9.97. The van der Waals surface area contributed by atoms with Crippen LogP contribution in [0.1, 0.15) is 72.1 Å². The van der Waals surface area contributed by atoms with Crippen LogP contribution in [0.5, 0.6) is 0 Å². The van der Waals surface area contributed by atoms with Crippen LogP contribution >= 0.6 is 21.6 Å². The van der Waals surface area contributed by atoms with Gasteiger partial charge in [0.15, 0.2) is 0 Å². The molecule has 0 saturated heterocycles. The first-order valence-corrected chi connectivity index (χ1v) is 14.2. The molecular weight excluding hydrogens is 396 g/mol. The van der Waals surface area contributed by atoms with Crippen LogP contribution in [-0.4, -0.2) is 33.9 Å². The van der Waals surface area contributed by atoms with Crippen molar-refractivity contribution in [3.05, 3.63) is 11.6 Å². The molecule has 162 valence electrons. The average Bonchev–Trinajstić information content (AvgIpc) is 2.97. The Morgan fingerprint density at radius 1 is 1.14 bits per heavy atom. The van der Waals surface area contributed by atoms with E-state index in [-0.39, 0.29) is 23.0 Å². The minimum absolute atomic E-state index is 0.0726. The van der Waals surface area contributed by atoms with Crippen LogP contribution in [0, 0.1) is 46.3 Å². The fourth-order valence-electron chi connectivity index (χ4n) is 7.58. The van der Waals surface area contributed by atoms with Crippen molar-refractivity contribution in [1.82, 2.24) is 0 Å². The van der Waals surface area contributed by atoms with Crippen LogP contribution in [0.15, 0.2) is 11.6 Å². The van der Waals surface area contributed by atoms with Gasteiger partial charge >= 0.3 is 0 Å². The molecule has 0 bridgehead atoms. The summed E-state index contributed by atoms with van der Waals surface area (Å²) in [4.78, 5) is 0. The molecule has 2 N–H and O–H groups in total. The van der Waals surface area contributed by atoms with E-state index in [4.69, 9.17) is 0 Å². The van der Waals surface area contributed by atoms with E-state index in [1.165, 1.54) is 18.6 Å². The fraction of sp³-hybridized carbons (Fsp3) is 0.840. The quantitative estimate of drug-likeness (QED) is 0.252. The van der Waals surface area contributed by atoms with Gasteiger partial charge < -0.3 is 10.2 Å². The van der Waals surface area contributed by atoms with Crippen LogP contribution in [0.4, 0.5) is 0 Å². The Morgan fingerprint density at radius 2 is 1.97 bits per heavy atom. The smallest absolute Gasteiger partial charge is 0.0724 e. The van der Waals surface area contributed by atoms with Crippen LogP contribution in [0.3, 0.4) is 0 Å². The van der Waals surface area contributed by atoms with E-state index in [9.17, 15) is 10.2 Å². The molecule has 2 nitrogen and oxygen atoms in total. The SMILES string of the molecule is CC#CCC1C[C@H]2[C@@H]3CCC4=C[C@H](O)CC[C@]4(CSSCC)[C@H]3CC[C@]2(C)[C@H]1O. The van der Waals surface area contributed by atoms with Crippen molar-refractivity contribution in [2.24, 2.45) is 34.5 Å². The summed E-state index contributed by atoms with van der Waals surface area (Å²) in [6, 6.07) is 0. The summed E-state index contributed by atoms with van der Waals surface area (Å²) in [5.74, 6) is 11.1. The molecule has 4 heteroatoms. The molecule has 0 aromatic carbocycles. The summed E-state index contributed by atoms with van der Waals surface area (Å²) in [7, 11) is 4.05. The molecule has 0 heterocycles. The lowest BCUT2D eigenvalue weighted by atomic mass is 9.47. The molecule has 3 saturated carbocycles. The van der Waals surface area contributed by atoms with E-state index in [1.807, 2.05) is 17.7 Å². The molecule has 0 amide bonds. The van der Waals surface area contributed by atoms with E-state index in [1.54, 1.807) is 5.57 Å². The highest BCUT2D eigenvalue weighted by Gasteiger charge is 2.61. The van der Waals surface area contributed by atoms with Gasteiger partial charge in [-0.3, -0.25) is 0 Å². The highest BCUT2D eigenvalue weighted by Crippen LogP contribution is 2.67. The Balaban J connectivity index is 1.63. The van der Waals surface area contributed by atoms with Crippen molar-refractivity contribution in [2.75, 3.05) is 11.5 Å². The van der Waals surface area contributed by atoms with Gasteiger partial charge in [-0.15, -0.1) is 11.8 Å². The van der Waals surface area contributed by atoms with Gasteiger partial charge in [-0.25, -0.2) is 0 Å². The Bertz CT molecular complexity index is 695. The first kappa shape index (κ1) is 22.1. The van der Waals surface area contributed by atoms with Gasteiger partial charge in [-0.05, 0) is 81.0 Å². The number of rotatable bonds is 5. The maximum absolute atomic E-state index is 11.2. The van der Waals surface area contributed by atoms with Crippen molar-refractivity contribution >= 4 is 21.6 Å². The zero-order valence-corrected chi connectivity index (χ0v) is 20.0. The number of fused-ring (bicyclic) bond motifs is 5. The van der Waals surface area contributed by atoms with Crippen LogP contribution in [0.2, 0.25) is 0 Å². The topological polar surface area (TPSA) is 40.5 Å². The Labute approximate surface area is 185 Å². The van der Waals surface area contributed by atoms with Gasteiger partial charge in [-0.1, -0.05) is 47.1 Å². The zero-order valence-electron chi connectivity index (χ0n) is 18.3. The zero-order chi connectivity index (χ0) is 20.6. The molecule has 0 radical (unpaired) electrons. The van der Waals surface area contributed by atoms with E-state index >= 15 is 0 Å².